The molecule has 0 saturated carbocycles. The highest BCUT2D eigenvalue weighted by atomic mass is 16.4. The number of fused-ring (bicyclic) bond motifs is 1. The normalized spacial score (nSPS) is 16.1. The molecule has 1 amide bonds. The maximum Gasteiger partial charge on any atom is 0.289 e. The molecule has 0 N–H and O–H groups in total. The quantitative estimate of drug-likeness (QED) is 0.723. The van der Waals surface area contributed by atoms with Crippen LogP contribution in [-0.4, -0.2) is 28.9 Å². The summed E-state index contributed by atoms with van der Waals surface area (Å²) in [5.74, 6) is 2.20. The molecule has 1 fully saturated rings. The number of carbonyl (C=O) groups excluding carboxylic acids is 1. The van der Waals surface area contributed by atoms with E-state index >= 15 is 0 Å². The molecule has 0 spiro atoms. The first kappa shape index (κ1) is 14.1. The summed E-state index contributed by atoms with van der Waals surface area (Å²) in [7, 11) is 0. The fourth-order valence-corrected chi connectivity index (χ4v) is 3.10. The van der Waals surface area contributed by atoms with Gasteiger partial charge in [0.05, 0.1) is 0 Å². The van der Waals surface area contributed by atoms with Gasteiger partial charge in [0.1, 0.15) is 11.3 Å². The summed E-state index contributed by atoms with van der Waals surface area (Å²) < 4.78 is 11.3. The number of hydrogen-bond acceptors (Lipinski definition) is 4. The lowest BCUT2D eigenvalue weighted by atomic mass is 9.96. The van der Waals surface area contributed by atoms with Crippen molar-refractivity contribution in [3.8, 4) is 0 Å². The molecule has 2 aromatic heterocycles. The van der Waals surface area contributed by atoms with Gasteiger partial charge < -0.3 is 13.7 Å². The molecule has 1 aliphatic heterocycles. The maximum absolute atomic E-state index is 12.4. The Morgan fingerprint density at radius 1 is 1.13 bits per heavy atom. The lowest BCUT2D eigenvalue weighted by Crippen LogP contribution is -2.37. The molecule has 118 valence electrons. The van der Waals surface area contributed by atoms with E-state index in [1.54, 1.807) is 6.07 Å². The second-order valence-electron chi connectivity index (χ2n) is 6.00. The number of likely N-dealkylation sites (tertiary alicyclic amines) is 1. The van der Waals surface area contributed by atoms with E-state index in [2.05, 4.69) is 4.98 Å². The zero-order valence-corrected chi connectivity index (χ0v) is 13.0. The Hall–Kier alpha value is -2.56. The van der Waals surface area contributed by atoms with E-state index in [9.17, 15) is 4.79 Å². The molecular formula is C18H18N2O3. The molecule has 23 heavy (non-hydrogen) atoms. The van der Waals surface area contributed by atoms with Crippen LogP contribution in [0.2, 0.25) is 0 Å². The van der Waals surface area contributed by atoms with Crippen LogP contribution >= 0.6 is 0 Å². The smallest absolute Gasteiger partial charge is 0.289 e. The van der Waals surface area contributed by atoms with E-state index in [0.29, 0.717) is 18.8 Å². The number of piperidine rings is 1. The molecule has 3 heterocycles. The molecule has 1 aromatic carbocycles. The van der Waals surface area contributed by atoms with Gasteiger partial charge in [0, 0.05) is 19.0 Å². The predicted octanol–water partition coefficient (Wildman–Crippen LogP) is 3.75. The fraction of sp³-hybridized carbons (Fsp3) is 0.333. The van der Waals surface area contributed by atoms with Crippen molar-refractivity contribution in [2.75, 3.05) is 13.1 Å². The number of para-hydroxylation sites is 2. The van der Waals surface area contributed by atoms with Crippen molar-refractivity contribution in [3.05, 3.63) is 53.8 Å². The Labute approximate surface area is 133 Å². The highest BCUT2D eigenvalue weighted by Gasteiger charge is 2.28. The van der Waals surface area contributed by atoms with Gasteiger partial charge in [-0.3, -0.25) is 4.79 Å². The second kappa shape index (κ2) is 5.57. The first-order chi connectivity index (χ1) is 11.2. The number of nitrogens with zero attached hydrogens (tertiary/aromatic N) is 2. The number of aromatic nitrogens is 1. The van der Waals surface area contributed by atoms with Crippen LogP contribution in [0.3, 0.4) is 0 Å². The minimum atomic E-state index is -0.0332. The molecule has 4 rings (SSSR count). The van der Waals surface area contributed by atoms with Crippen LogP contribution in [0, 0.1) is 6.92 Å². The Kier molecular flexibility index (Phi) is 3.41. The first-order valence-electron chi connectivity index (χ1n) is 7.92. The Balaban J connectivity index is 1.45. The van der Waals surface area contributed by atoms with E-state index in [-0.39, 0.29) is 11.8 Å². The molecule has 3 aromatic rings. The lowest BCUT2D eigenvalue weighted by molar-refractivity contribution is 0.0673. The average Bonchev–Trinajstić information content (AvgIpc) is 3.20. The molecule has 0 bridgehead atoms. The van der Waals surface area contributed by atoms with Gasteiger partial charge in [-0.05, 0) is 44.0 Å². The Morgan fingerprint density at radius 2 is 1.91 bits per heavy atom. The number of aryl methyl sites for hydroxylation is 1. The summed E-state index contributed by atoms with van der Waals surface area (Å²) in [6.07, 6.45) is 1.72. The van der Waals surface area contributed by atoms with Crippen molar-refractivity contribution in [2.45, 2.75) is 25.7 Å². The minimum absolute atomic E-state index is 0.0332. The van der Waals surface area contributed by atoms with E-state index in [0.717, 1.165) is 35.6 Å². The van der Waals surface area contributed by atoms with Crippen LogP contribution in [0.4, 0.5) is 0 Å². The average molecular weight is 310 g/mol. The molecular weight excluding hydrogens is 292 g/mol. The zero-order valence-electron chi connectivity index (χ0n) is 13.0. The number of hydrogen-bond donors (Lipinski definition) is 0. The van der Waals surface area contributed by atoms with Crippen LogP contribution in [0.15, 0.2) is 45.2 Å². The van der Waals surface area contributed by atoms with Gasteiger partial charge in [0.25, 0.3) is 5.91 Å². The van der Waals surface area contributed by atoms with E-state index in [4.69, 9.17) is 8.83 Å². The van der Waals surface area contributed by atoms with Gasteiger partial charge in [-0.15, -0.1) is 0 Å². The molecule has 1 saturated heterocycles. The van der Waals surface area contributed by atoms with Crippen molar-refractivity contribution in [1.82, 2.24) is 9.88 Å². The van der Waals surface area contributed by atoms with Crippen LogP contribution in [0.1, 0.15) is 41.0 Å². The van der Waals surface area contributed by atoms with Crippen molar-refractivity contribution >= 4 is 17.0 Å². The van der Waals surface area contributed by atoms with Gasteiger partial charge in [0.2, 0.25) is 0 Å². The summed E-state index contributed by atoms with van der Waals surface area (Å²) in [6, 6.07) is 11.4. The number of amides is 1. The summed E-state index contributed by atoms with van der Waals surface area (Å²) >= 11 is 0. The topological polar surface area (TPSA) is 59.5 Å². The van der Waals surface area contributed by atoms with Crippen molar-refractivity contribution in [2.24, 2.45) is 0 Å². The zero-order chi connectivity index (χ0) is 15.8. The van der Waals surface area contributed by atoms with E-state index in [1.807, 2.05) is 42.2 Å². The summed E-state index contributed by atoms with van der Waals surface area (Å²) in [5.41, 5.74) is 1.72. The minimum Gasteiger partial charge on any atom is -0.456 e. The van der Waals surface area contributed by atoms with E-state index in [1.165, 1.54) is 0 Å². The fourth-order valence-electron chi connectivity index (χ4n) is 3.10. The van der Waals surface area contributed by atoms with E-state index < -0.39 is 0 Å². The van der Waals surface area contributed by atoms with Gasteiger partial charge in [-0.25, -0.2) is 4.98 Å². The number of furan rings is 1. The molecule has 5 nitrogen and oxygen atoms in total. The van der Waals surface area contributed by atoms with Crippen LogP contribution in [0.5, 0.6) is 0 Å². The highest BCUT2D eigenvalue weighted by molar-refractivity contribution is 5.91. The SMILES string of the molecule is Cc1ccc(C(=O)N2CCC(c3nc4ccccc4o3)CC2)o1. The second-order valence-corrected chi connectivity index (χ2v) is 6.00. The van der Waals surface area contributed by atoms with Gasteiger partial charge in [-0.1, -0.05) is 12.1 Å². The number of benzene rings is 1. The van der Waals surface area contributed by atoms with Crippen molar-refractivity contribution < 1.29 is 13.6 Å². The van der Waals surface area contributed by atoms with Crippen LogP contribution in [0.25, 0.3) is 11.1 Å². The van der Waals surface area contributed by atoms with Gasteiger partial charge in [-0.2, -0.15) is 0 Å². The maximum atomic E-state index is 12.4. The summed E-state index contributed by atoms with van der Waals surface area (Å²) in [5, 5.41) is 0. The largest absolute Gasteiger partial charge is 0.456 e. The number of oxazole rings is 1. The molecule has 1 aliphatic rings. The lowest BCUT2D eigenvalue weighted by Gasteiger charge is -2.29. The molecule has 0 unspecified atom stereocenters. The number of rotatable bonds is 2. The molecule has 0 atom stereocenters. The third kappa shape index (κ3) is 2.63. The molecule has 0 radical (unpaired) electrons. The van der Waals surface area contributed by atoms with Gasteiger partial charge in [0.15, 0.2) is 17.2 Å². The molecule has 5 heteroatoms. The number of carbonyl (C=O) groups is 1. The standard InChI is InChI=1S/C18H18N2O3/c1-12-6-7-16(22-12)18(21)20-10-8-13(9-11-20)17-19-14-4-2-3-5-15(14)23-17/h2-7,13H,8-11H2,1H3. The van der Waals surface area contributed by atoms with Crippen molar-refractivity contribution in [3.63, 3.8) is 0 Å². The monoisotopic (exact) mass is 310 g/mol. The van der Waals surface area contributed by atoms with Crippen LogP contribution < -0.4 is 0 Å². The third-order valence-electron chi connectivity index (χ3n) is 4.39. The summed E-state index contributed by atoms with van der Waals surface area (Å²) in [4.78, 5) is 18.8. The molecule has 0 aliphatic carbocycles. The predicted molar refractivity (Wildman–Crippen MR) is 85.3 cm³/mol. The Morgan fingerprint density at radius 3 is 2.61 bits per heavy atom. The van der Waals surface area contributed by atoms with Crippen molar-refractivity contribution in [1.29, 1.82) is 0 Å². The Bertz CT molecular complexity index is 808. The summed E-state index contributed by atoms with van der Waals surface area (Å²) in [6.45, 7) is 3.24. The first-order valence-corrected chi connectivity index (χ1v) is 7.92. The van der Waals surface area contributed by atoms with Gasteiger partial charge >= 0.3 is 0 Å². The third-order valence-corrected chi connectivity index (χ3v) is 4.39. The highest BCUT2D eigenvalue weighted by Crippen LogP contribution is 2.30. The van der Waals surface area contributed by atoms with Crippen LogP contribution in [-0.2, 0) is 0 Å².